The van der Waals surface area contributed by atoms with Gasteiger partial charge in [-0.15, -0.1) is 0 Å². The van der Waals surface area contributed by atoms with E-state index < -0.39 is 0 Å². The maximum Gasteiger partial charge on any atom is 0.290 e. The summed E-state index contributed by atoms with van der Waals surface area (Å²) in [6.07, 6.45) is 0. The van der Waals surface area contributed by atoms with E-state index in [1.54, 1.807) is 28.4 Å². The third-order valence-electron chi connectivity index (χ3n) is 4.88. The zero-order valence-corrected chi connectivity index (χ0v) is 17.6. The van der Waals surface area contributed by atoms with Crippen LogP contribution in [-0.2, 0) is 6.73 Å². The van der Waals surface area contributed by atoms with E-state index in [4.69, 9.17) is 18.9 Å². The number of fused-ring (bicyclic) bond motifs is 1. The first kappa shape index (κ1) is 20.5. The molecule has 0 aliphatic heterocycles. The van der Waals surface area contributed by atoms with E-state index in [-0.39, 0.29) is 6.73 Å². The van der Waals surface area contributed by atoms with Crippen molar-refractivity contribution in [1.82, 2.24) is 0 Å². The predicted octanol–water partition coefficient (Wildman–Crippen LogP) is 2.84. The SMILES string of the molecule is COc1ccc(-c2cc3ccc(OC)c(OC)c3c(N(C)C)[n+]2CO)cc1OC. The highest BCUT2D eigenvalue weighted by Crippen LogP contribution is 2.41. The van der Waals surface area contributed by atoms with Crippen LogP contribution in [0.4, 0.5) is 5.82 Å². The first-order valence-corrected chi connectivity index (χ1v) is 9.12. The zero-order chi connectivity index (χ0) is 21.1. The van der Waals surface area contributed by atoms with Crippen LogP contribution in [0, 0.1) is 0 Å². The second-order valence-corrected chi connectivity index (χ2v) is 6.65. The lowest BCUT2D eigenvalue weighted by Crippen LogP contribution is -2.42. The average Bonchev–Trinajstić information content (AvgIpc) is 2.75. The van der Waals surface area contributed by atoms with Gasteiger partial charge in [-0.3, -0.25) is 4.90 Å². The number of benzene rings is 2. The number of pyridine rings is 1. The second-order valence-electron chi connectivity index (χ2n) is 6.65. The molecule has 154 valence electrons. The van der Waals surface area contributed by atoms with E-state index >= 15 is 0 Å². The summed E-state index contributed by atoms with van der Waals surface area (Å²) in [7, 11) is 10.3. The Kier molecular flexibility index (Phi) is 5.98. The Bertz CT molecular complexity index is 1030. The molecule has 3 rings (SSSR count). The molecular formula is C22H27N2O5+. The molecule has 7 nitrogen and oxygen atoms in total. The molecule has 0 amide bonds. The maximum atomic E-state index is 10.3. The summed E-state index contributed by atoms with van der Waals surface area (Å²) in [5.41, 5.74) is 1.72. The van der Waals surface area contributed by atoms with Crippen molar-refractivity contribution in [1.29, 1.82) is 0 Å². The van der Waals surface area contributed by atoms with Gasteiger partial charge in [0.25, 0.3) is 5.82 Å². The molecule has 1 heterocycles. The van der Waals surface area contributed by atoms with Gasteiger partial charge in [-0.2, -0.15) is 0 Å². The van der Waals surface area contributed by atoms with Gasteiger partial charge in [0, 0.05) is 5.56 Å². The Morgan fingerprint density at radius 3 is 2.03 bits per heavy atom. The van der Waals surface area contributed by atoms with Gasteiger partial charge in [0.2, 0.25) is 0 Å². The highest BCUT2D eigenvalue weighted by atomic mass is 16.5. The lowest BCUT2D eigenvalue weighted by atomic mass is 10.0. The smallest absolute Gasteiger partial charge is 0.290 e. The van der Waals surface area contributed by atoms with Gasteiger partial charge in [0.1, 0.15) is 11.1 Å². The van der Waals surface area contributed by atoms with Crippen LogP contribution in [0.5, 0.6) is 23.0 Å². The minimum atomic E-state index is -0.215. The minimum Gasteiger partial charge on any atom is -0.493 e. The molecule has 0 fully saturated rings. The lowest BCUT2D eigenvalue weighted by molar-refractivity contribution is -0.707. The molecule has 0 aliphatic carbocycles. The molecule has 2 aromatic carbocycles. The van der Waals surface area contributed by atoms with Crippen LogP contribution >= 0.6 is 0 Å². The molecule has 3 aromatic rings. The summed E-state index contributed by atoms with van der Waals surface area (Å²) in [5, 5.41) is 12.1. The largest absolute Gasteiger partial charge is 0.493 e. The Balaban J connectivity index is 2.41. The standard InChI is InChI=1S/C22H27N2O5/c1-23(2)22-20-15(8-10-18(27-4)21(20)29-6)11-16(24(22)13-25)14-7-9-17(26-3)19(12-14)28-5/h7-12,25H,13H2,1-6H3/q+1. The number of methoxy groups -OCH3 is 4. The van der Waals surface area contributed by atoms with Gasteiger partial charge >= 0.3 is 0 Å². The molecule has 0 saturated heterocycles. The highest BCUT2D eigenvalue weighted by molar-refractivity contribution is 5.99. The highest BCUT2D eigenvalue weighted by Gasteiger charge is 2.26. The van der Waals surface area contributed by atoms with Crippen LogP contribution in [-0.4, -0.2) is 47.6 Å². The number of nitrogens with zero attached hydrogens (tertiary/aromatic N) is 2. The first-order chi connectivity index (χ1) is 14.0. The summed E-state index contributed by atoms with van der Waals surface area (Å²) < 4.78 is 23.8. The van der Waals surface area contributed by atoms with Gasteiger partial charge in [-0.1, -0.05) is 0 Å². The summed E-state index contributed by atoms with van der Waals surface area (Å²) >= 11 is 0. The minimum absolute atomic E-state index is 0.215. The van der Waals surface area contributed by atoms with Gasteiger partial charge in [0.05, 0.1) is 42.5 Å². The molecule has 1 N–H and O–H groups in total. The van der Waals surface area contributed by atoms with Crippen LogP contribution in [0.2, 0.25) is 0 Å². The number of hydrogen-bond donors (Lipinski definition) is 1. The molecule has 0 atom stereocenters. The van der Waals surface area contributed by atoms with Crippen molar-refractivity contribution in [3.8, 4) is 34.3 Å². The molecule has 0 aliphatic rings. The molecule has 0 saturated carbocycles. The van der Waals surface area contributed by atoms with Crippen molar-refractivity contribution in [2.45, 2.75) is 6.73 Å². The summed E-state index contributed by atoms with van der Waals surface area (Å²) in [5.74, 6) is 3.31. The molecule has 0 spiro atoms. The Labute approximate surface area is 170 Å². The molecule has 7 heteroatoms. The number of aliphatic hydroxyl groups excluding tert-OH is 1. The van der Waals surface area contributed by atoms with Crippen molar-refractivity contribution < 1.29 is 28.6 Å². The predicted molar refractivity (Wildman–Crippen MR) is 112 cm³/mol. The van der Waals surface area contributed by atoms with Crippen LogP contribution in [0.3, 0.4) is 0 Å². The van der Waals surface area contributed by atoms with Crippen molar-refractivity contribution >= 4 is 16.6 Å². The van der Waals surface area contributed by atoms with Gasteiger partial charge in [0.15, 0.2) is 29.7 Å². The number of ether oxygens (including phenoxy) is 4. The van der Waals surface area contributed by atoms with E-state index in [2.05, 4.69) is 0 Å². The van der Waals surface area contributed by atoms with E-state index in [9.17, 15) is 5.11 Å². The van der Waals surface area contributed by atoms with Crippen molar-refractivity contribution in [3.63, 3.8) is 0 Å². The monoisotopic (exact) mass is 399 g/mol. The van der Waals surface area contributed by atoms with Gasteiger partial charge < -0.3 is 24.1 Å². The lowest BCUT2D eigenvalue weighted by Gasteiger charge is -2.19. The fourth-order valence-corrected chi connectivity index (χ4v) is 3.61. The van der Waals surface area contributed by atoms with Crippen LogP contribution < -0.4 is 28.4 Å². The first-order valence-electron chi connectivity index (χ1n) is 9.12. The molecular weight excluding hydrogens is 372 g/mol. The molecule has 0 bridgehead atoms. The number of anilines is 1. The maximum absolute atomic E-state index is 10.3. The molecule has 0 radical (unpaired) electrons. The summed E-state index contributed by atoms with van der Waals surface area (Å²) in [6, 6.07) is 11.6. The van der Waals surface area contributed by atoms with E-state index in [1.165, 1.54) is 0 Å². The number of aromatic nitrogens is 1. The number of aliphatic hydroxyl groups is 1. The molecule has 1 aromatic heterocycles. The fraction of sp³-hybridized carbons (Fsp3) is 0.318. The fourth-order valence-electron chi connectivity index (χ4n) is 3.61. The Hall–Kier alpha value is -3.19. The summed E-state index contributed by atoms with van der Waals surface area (Å²) in [6.45, 7) is -0.215. The Morgan fingerprint density at radius 2 is 1.48 bits per heavy atom. The van der Waals surface area contributed by atoms with E-state index in [0.717, 1.165) is 27.8 Å². The second kappa shape index (κ2) is 8.45. The topological polar surface area (TPSA) is 64.3 Å². The zero-order valence-electron chi connectivity index (χ0n) is 17.6. The van der Waals surface area contributed by atoms with E-state index in [0.29, 0.717) is 23.0 Å². The normalized spacial score (nSPS) is 10.7. The number of hydrogen-bond acceptors (Lipinski definition) is 6. The summed E-state index contributed by atoms with van der Waals surface area (Å²) in [4.78, 5) is 1.95. The van der Waals surface area contributed by atoms with Gasteiger partial charge in [-0.05, 0) is 41.8 Å². The average molecular weight is 399 g/mol. The van der Waals surface area contributed by atoms with Crippen molar-refractivity contribution in [2.75, 3.05) is 47.4 Å². The van der Waals surface area contributed by atoms with Crippen molar-refractivity contribution in [3.05, 3.63) is 36.4 Å². The third kappa shape index (κ3) is 3.49. The molecule has 0 unspecified atom stereocenters. The number of rotatable bonds is 7. The Morgan fingerprint density at radius 1 is 0.828 bits per heavy atom. The van der Waals surface area contributed by atoms with Crippen LogP contribution in [0.1, 0.15) is 0 Å². The molecule has 29 heavy (non-hydrogen) atoms. The third-order valence-corrected chi connectivity index (χ3v) is 4.88. The quantitative estimate of drug-likeness (QED) is 0.617. The van der Waals surface area contributed by atoms with Gasteiger partial charge in [-0.25, -0.2) is 4.57 Å². The van der Waals surface area contributed by atoms with Crippen LogP contribution in [0.25, 0.3) is 22.0 Å². The van der Waals surface area contributed by atoms with E-state index in [1.807, 2.05) is 60.0 Å². The van der Waals surface area contributed by atoms with Crippen molar-refractivity contribution in [2.24, 2.45) is 0 Å². The van der Waals surface area contributed by atoms with Crippen LogP contribution in [0.15, 0.2) is 36.4 Å².